The first-order valence-electron chi connectivity index (χ1n) is 46.5. The number of nitrogens with zero attached hydrogens (tertiary/aromatic N) is 8. The number of hydrogen-bond donors (Lipinski definition) is 0. The second-order valence-electron chi connectivity index (χ2n) is 33.5. The van der Waals surface area contributed by atoms with Crippen LogP contribution in [0.15, 0.2) is 298 Å². The Balaban J connectivity index is 0.000000122. The summed E-state index contributed by atoms with van der Waals surface area (Å²) in [6, 6.07) is 80.8. The maximum atomic E-state index is 13.3. The Kier molecular flexibility index (Phi) is 16.6. The van der Waals surface area contributed by atoms with Crippen LogP contribution in [0, 0.1) is 47.2 Å². The van der Waals surface area contributed by atoms with Crippen LogP contribution in [-0.2, 0) is 49.9 Å². The zero-order valence-electron chi connectivity index (χ0n) is 81.7. The Morgan fingerprint density at radius 1 is 0.261 bits per heavy atom. The second-order valence-corrected chi connectivity index (χ2v) is 33.5. The Morgan fingerprint density at radius 3 is 0.782 bits per heavy atom. The third-order valence-electron chi connectivity index (χ3n) is 24.7. The van der Waals surface area contributed by atoms with Gasteiger partial charge in [0.05, 0.1) is 45.0 Å². The smallest absolute Gasteiger partial charge is 0.212 e. The molecule has 0 spiro atoms. The number of halogens is 1. The molecule has 0 aliphatic heterocycles. The highest BCUT2D eigenvalue weighted by Gasteiger charge is 2.45. The molecule has 8 aromatic carbocycles. The summed E-state index contributed by atoms with van der Waals surface area (Å²) in [5.41, 5.74) is 35.6. The quantitative estimate of drug-likeness (QED) is 0.142. The first-order valence-corrected chi connectivity index (χ1v) is 40.5. The van der Waals surface area contributed by atoms with Gasteiger partial charge in [-0.3, -0.25) is 19.9 Å². The van der Waals surface area contributed by atoms with Gasteiger partial charge in [0.15, 0.2) is 24.8 Å². The van der Waals surface area contributed by atoms with Gasteiger partial charge in [-0.05, 0) is 191 Å². The van der Waals surface area contributed by atoms with Gasteiger partial charge in [-0.1, -0.05) is 230 Å². The zero-order valence-corrected chi connectivity index (χ0v) is 69.7. The fraction of sp³-hybridized carbons (Fsp3) is 0.200. The van der Waals surface area contributed by atoms with Crippen molar-refractivity contribution in [3.8, 4) is 134 Å². The van der Waals surface area contributed by atoms with Crippen LogP contribution in [0.25, 0.3) is 134 Å². The van der Waals surface area contributed by atoms with Crippen molar-refractivity contribution in [3.05, 3.63) is 383 Å². The Bertz CT molecular complexity index is 7220. The Hall–Kier alpha value is -13.1. The number of hydrogen-bond acceptors (Lipinski definition) is 4. The minimum Gasteiger partial charge on any atom is -0.260 e. The lowest BCUT2D eigenvalue weighted by Crippen LogP contribution is -2.32. The topological polar surface area (TPSA) is 67.1 Å². The minimum absolute atomic E-state index is 0.171. The molecule has 8 nitrogen and oxygen atoms in total. The van der Waals surface area contributed by atoms with Crippen molar-refractivity contribution in [2.75, 3.05) is 0 Å². The van der Waals surface area contributed by atoms with E-state index in [1.165, 1.54) is 67.8 Å². The van der Waals surface area contributed by atoms with Crippen LogP contribution in [0.1, 0.15) is 150 Å². The molecular formula is C110H103FN8+4. The van der Waals surface area contributed by atoms with Crippen molar-refractivity contribution < 1.29 is 39.1 Å². The highest BCUT2D eigenvalue weighted by atomic mass is 19.1. The molecule has 2 unspecified atom stereocenters. The van der Waals surface area contributed by atoms with Crippen molar-refractivity contribution in [1.82, 2.24) is 19.9 Å². The zero-order chi connectivity index (χ0) is 93.3. The molecule has 586 valence electrons. The van der Waals surface area contributed by atoms with Crippen LogP contribution >= 0.6 is 0 Å². The van der Waals surface area contributed by atoms with Crippen molar-refractivity contribution >= 4 is 0 Å². The standard InChI is InChI=1S/2C28H27N2.C27H24FN2.C27H25N2/c2*1-18-8-11-20(12-9-18)21-13-15-24(30(5)17-21)25-19(2)10-14-22-23-7-6-16-29-27(23)28(3,4)26(22)25;1-17-7-13-21-22-6-5-15-29-26(22)27(2,3)25(21)24(17)23-14-10-19(16-30(23)4)18-8-11-20(28)12-9-18;1-18-12-14-21-22-11-8-16-28-26(22)27(2,3)25(21)24(18)23-15-13-20(17-29(23)4)19-9-6-5-7-10-19/h2*6-17H,1-5H3;5-16H,1-4H3;5-17H,1-4H3/q4*+1/i1D3,3D3;1D3;;2D3. The SMILES string of the molecule is Cc1ccc2c(c1-c1ccc(-c3ccc(F)cc3)c[n+]1C)C(C)(C)c1ncccc1-2.[2H]C([2H])([2H])C1(C)c2ncccc2-c2ccc(C)c(-c3ccc(-c4ccccc4)c[n+]3C)c21.[2H]C([2H])([2H])c1ccc(-c2ccc(-c3c(C)ccc4c3C(C)(C([2H])([2H])[2H])c3ncccc3-4)[n+](C)c2)cc1.[2H]C([2H])([2H])c1ccc(-c2ccc(-c3c(C)ccc4c3C(C)(C)c3ncccc3-4)[n+](C)c2)cc1. The Morgan fingerprint density at radius 2 is 0.513 bits per heavy atom. The highest BCUT2D eigenvalue weighted by Crippen LogP contribution is 2.56. The molecule has 0 N–H and O–H groups in total. The van der Waals surface area contributed by atoms with Gasteiger partial charge in [0.1, 0.15) is 34.0 Å². The van der Waals surface area contributed by atoms with Crippen LogP contribution in [0.3, 0.4) is 0 Å². The third kappa shape index (κ3) is 13.7. The molecule has 0 fully saturated rings. The van der Waals surface area contributed by atoms with Crippen LogP contribution in [0.5, 0.6) is 0 Å². The van der Waals surface area contributed by atoms with Crippen LogP contribution in [-0.4, -0.2) is 19.9 Å². The molecule has 0 saturated heterocycles. The highest BCUT2D eigenvalue weighted by molar-refractivity contribution is 5.92. The maximum absolute atomic E-state index is 13.3. The van der Waals surface area contributed by atoms with E-state index in [1.807, 2.05) is 172 Å². The van der Waals surface area contributed by atoms with Crippen molar-refractivity contribution in [2.45, 2.75) is 118 Å². The lowest BCUT2D eigenvalue weighted by Gasteiger charge is -2.23. The van der Waals surface area contributed by atoms with Gasteiger partial charge in [-0.25, -0.2) is 22.7 Å². The minimum atomic E-state index is -2.30. The first kappa shape index (κ1) is 65.0. The van der Waals surface area contributed by atoms with E-state index in [-0.39, 0.29) is 16.6 Å². The predicted octanol–water partition coefficient (Wildman–Crippen LogP) is 24.2. The number of rotatable bonds is 8. The Labute approximate surface area is 718 Å². The van der Waals surface area contributed by atoms with Gasteiger partial charge < -0.3 is 0 Å². The first-order chi connectivity index (χ1) is 62.0. The molecule has 2 atom stereocenters. The number of fused-ring (bicyclic) bond motifs is 12. The van der Waals surface area contributed by atoms with Gasteiger partial charge >= 0.3 is 0 Å². The number of aryl methyl sites for hydroxylation is 10. The molecule has 0 bridgehead atoms. The van der Waals surface area contributed by atoms with Gasteiger partial charge in [-0.2, -0.15) is 0 Å². The molecule has 0 radical (unpaired) electrons. The molecule has 8 heterocycles. The summed E-state index contributed by atoms with van der Waals surface area (Å²) in [5, 5.41) is 0. The van der Waals surface area contributed by atoms with E-state index in [1.54, 1.807) is 43.6 Å². The molecule has 16 aromatic rings. The molecule has 119 heavy (non-hydrogen) atoms. The summed E-state index contributed by atoms with van der Waals surface area (Å²) in [6.45, 7) is 12.3. The van der Waals surface area contributed by atoms with Gasteiger partial charge in [0.25, 0.3) is 0 Å². The van der Waals surface area contributed by atoms with Gasteiger partial charge in [-0.15, -0.1) is 0 Å². The van der Waals surface area contributed by atoms with E-state index in [0.717, 1.165) is 134 Å². The van der Waals surface area contributed by atoms with E-state index in [4.69, 9.17) is 26.4 Å². The summed E-state index contributed by atoms with van der Waals surface area (Å²) >= 11 is 0. The van der Waals surface area contributed by atoms with Crippen LogP contribution in [0.4, 0.5) is 4.39 Å². The van der Waals surface area contributed by atoms with Crippen LogP contribution in [0.2, 0.25) is 0 Å². The largest absolute Gasteiger partial charge is 0.260 e. The number of pyridine rings is 8. The van der Waals surface area contributed by atoms with Gasteiger partial charge in [0.2, 0.25) is 22.8 Å². The molecule has 9 heteroatoms. The van der Waals surface area contributed by atoms with Crippen LogP contribution < -0.4 is 18.3 Å². The average molecular weight is 1570 g/mol. The number of aromatic nitrogens is 8. The van der Waals surface area contributed by atoms with Crippen molar-refractivity contribution in [3.63, 3.8) is 0 Å². The van der Waals surface area contributed by atoms with Crippen molar-refractivity contribution in [1.29, 1.82) is 0 Å². The summed E-state index contributed by atoms with van der Waals surface area (Å²) in [6.07, 6.45) is 15.5. The third-order valence-corrected chi connectivity index (χ3v) is 24.7. The second kappa shape index (κ2) is 30.4. The van der Waals surface area contributed by atoms with E-state index in [2.05, 4.69) is 196 Å². The van der Waals surface area contributed by atoms with E-state index in [0.29, 0.717) is 22.5 Å². The molecule has 4 aliphatic carbocycles. The summed E-state index contributed by atoms with van der Waals surface area (Å²) in [4.78, 5) is 18.6. The van der Waals surface area contributed by atoms with E-state index < -0.39 is 38.2 Å². The van der Waals surface area contributed by atoms with E-state index >= 15 is 0 Å². The molecule has 0 saturated carbocycles. The summed E-state index contributed by atoms with van der Waals surface area (Å²) in [5.74, 6) is -0.217. The summed E-state index contributed by atoms with van der Waals surface area (Å²) < 4.78 is 118. The lowest BCUT2D eigenvalue weighted by atomic mass is 9.80. The normalized spacial score (nSPS) is 17.3. The molecule has 4 aliphatic rings. The summed E-state index contributed by atoms with van der Waals surface area (Å²) in [7, 11) is 8.12. The predicted molar refractivity (Wildman–Crippen MR) is 484 cm³/mol. The molecule has 8 aromatic heterocycles. The van der Waals surface area contributed by atoms with Crippen molar-refractivity contribution in [2.24, 2.45) is 28.2 Å². The van der Waals surface area contributed by atoms with Gasteiger partial charge in [0, 0.05) is 132 Å². The molecule has 0 amide bonds. The monoisotopic (exact) mass is 1570 g/mol. The fourth-order valence-corrected chi connectivity index (χ4v) is 18.9. The molecule has 20 rings (SSSR count). The fourth-order valence-electron chi connectivity index (χ4n) is 18.9. The number of benzene rings is 8. The average Bonchev–Trinajstić information content (AvgIpc) is 1.56. The molecular weight excluding hydrogens is 1450 g/mol. The maximum Gasteiger partial charge on any atom is 0.212 e. The lowest BCUT2D eigenvalue weighted by molar-refractivity contribution is -0.660. The van der Waals surface area contributed by atoms with E-state index in [9.17, 15) is 4.39 Å².